The number of rotatable bonds is 7. The minimum absolute atomic E-state index is 0.238. The van der Waals surface area contributed by atoms with E-state index in [9.17, 15) is 8.42 Å². The number of piperidine rings is 1. The molecule has 1 aromatic carbocycles. The highest BCUT2D eigenvalue weighted by Gasteiger charge is 2.33. The zero-order chi connectivity index (χ0) is 17.7. The van der Waals surface area contributed by atoms with Crippen molar-refractivity contribution in [1.82, 2.24) is 8.61 Å². The van der Waals surface area contributed by atoms with Gasteiger partial charge in [-0.1, -0.05) is 12.1 Å². The van der Waals surface area contributed by atoms with E-state index in [2.05, 4.69) is 0 Å². The predicted octanol–water partition coefficient (Wildman–Crippen LogP) is 2.29. The standard InChI is InChI=1S/C17H28N2O4S/c1-14(16-5-7-17(23-4)8-6-16)18(2)24(20,21)19-11-9-15(10-12-19)13-22-3/h5-8,14-15H,9-13H2,1-4H3. The molecule has 2 rings (SSSR count). The van der Waals surface area contributed by atoms with Crippen LogP contribution in [-0.2, 0) is 14.9 Å². The van der Waals surface area contributed by atoms with Crippen LogP contribution in [0.3, 0.4) is 0 Å². The molecular weight excluding hydrogens is 328 g/mol. The minimum Gasteiger partial charge on any atom is -0.497 e. The van der Waals surface area contributed by atoms with Crippen LogP contribution in [-0.4, -0.2) is 58.0 Å². The lowest BCUT2D eigenvalue weighted by Crippen LogP contribution is -2.46. The first-order valence-corrected chi connectivity index (χ1v) is 9.65. The van der Waals surface area contributed by atoms with Crippen LogP contribution in [0, 0.1) is 5.92 Å². The fourth-order valence-corrected chi connectivity index (χ4v) is 4.57. The van der Waals surface area contributed by atoms with Gasteiger partial charge in [0.25, 0.3) is 10.2 Å². The highest BCUT2D eigenvalue weighted by molar-refractivity contribution is 7.86. The van der Waals surface area contributed by atoms with Crippen molar-refractivity contribution in [3.05, 3.63) is 29.8 Å². The number of methoxy groups -OCH3 is 2. The maximum Gasteiger partial charge on any atom is 0.282 e. The van der Waals surface area contributed by atoms with Crippen molar-refractivity contribution in [3.63, 3.8) is 0 Å². The van der Waals surface area contributed by atoms with Gasteiger partial charge in [0.15, 0.2) is 0 Å². The lowest BCUT2D eigenvalue weighted by atomic mass is 9.99. The summed E-state index contributed by atoms with van der Waals surface area (Å²) in [5, 5.41) is 0. The monoisotopic (exact) mass is 356 g/mol. The Morgan fingerprint density at radius 3 is 2.29 bits per heavy atom. The Morgan fingerprint density at radius 1 is 1.21 bits per heavy atom. The highest BCUT2D eigenvalue weighted by Crippen LogP contribution is 2.27. The van der Waals surface area contributed by atoms with E-state index in [1.807, 2.05) is 31.2 Å². The van der Waals surface area contributed by atoms with Gasteiger partial charge in [0.1, 0.15) is 5.75 Å². The molecule has 1 aliphatic rings. The van der Waals surface area contributed by atoms with Gasteiger partial charge in [-0.25, -0.2) is 0 Å². The molecule has 1 aromatic rings. The maximum atomic E-state index is 12.9. The summed E-state index contributed by atoms with van der Waals surface area (Å²) in [6.45, 7) is 3.70. The Kier molecular flexibility index (Phi) is 6.62. The van der Waals surface area contributed by atoms with E-state index in [-0.39, 0.29) is 6.04 Å². The quantitative estimate of drug-likeness (QED) is 0.752. The third-order valence-corrected chi connectivity index (χ3v) is 6.87. The minimum atomic E-state index is -3.47. The van der Waals surface area contributed by atoms with Gasteiger partial charge in [-0.05, 0) is 43.4 Å². The van der Waals surface area contributed by atoms with Crippen LogP contribution in [0.2, 0.25) is 0 Å². The smallest absolute Gasteiger partial charge is 0.282 e. The van der Waals surface area contributed by atoms with E-state index in [1.165, 1.54) is 4.31 Å². The van der Waals surface area contributed by atoms with Crippen LogP contribution >= 0.6 is 0 Å². The van der Waals surface area contributed by atoms with Crippen molar-refractivity contribution in [2.75, 3.05) is 41.0 Å². The molecule has 0 aliphatic carbocycles. The zero-order valence-electron chi connectivity index (χ0n) is 14.9. The van der Waals surface area contributed by atoms with E-state index in [1.54, 1.807) is 25.6 Å². The van der Waals surface area contributed by atoms with Crippen LogP contribution in [0.15, 0.2) is 24.3 Å². The lowest BCUT2D eigenvalue weighted by molar-refractivity contribution is 0.119. The summed E-state index contributed by atoms with van der Waals surface area (Å²) < 4.78 is 39.1. The summed E-state index contributed by atoms with van der Waals surface area (Å²) in [6.07, 6.45) is 1.69. The van der Waals surface area contributed by atoms with Crippen molar-refractivity contribution >= 4 is 10.2 Å². The third kappa shape index (κ3) is 4.27. The second kappa shape index (κ2) is 8.29. The molecule has 1 aliphatic heterocycles. The van der Waals surface area contributed by atoms with Crippen molar-refractivity contribution in [2.45, 2.75) is 25.8 Å². The van der Waals surface area contributed by atoms with Gasteiger partial charge < -0.3 is 9.47 Å². The summed E-state index contributed by atoms with van der Waals surface area (Å²) in [4.78, 5) is 0. The molecule has 1 saturated heterocycles. The average molecular weight is 356 g/mol. The molecule has 136 valence electrons. The van der Waals surface area contributed by atoms with E-state index >= 15 is 0 Å². The van der Waals surface area contributed by atoms with Crippen LogP contribution in [0.5, 0.6) is 5.75 Å². The summed E-state index contributed by atoms with van der Waals surface area (Å²) in [5.74, 6) is 1.21. The van der Waals surface area contributed by atoms with E-state index in [4.69, 9.17) is 9.47 Å². The van der Waals surface area contributed by atoms with Gasteiger partial charge in [0.2, 0.25) is 0 Å². The van der Waals surface area contributed by atoms with Gasteiger partial charge in [0, 0.05) is 39.9 Å². The van der Waals surface area contributed by atoms with Gasteiger partial charge in [-0.15, -0.1) is 0 Å². The number of benzene rings is 1. The van der Waals surface area contributed by atoms with Crippen molar-refractivity contribution in [1.29, 1.82) is 0 Å². The Labute approximate surface area is 145 Å². The molecule has 1 unspecified atom stereocenters. The highest BCUT2D eigenvalue weighted by atomic mass is 32.2. The first-order chi connectivity index (χ1) is 11.4. The zero-order valence-corrected chi connectivity index (χ0v) is 15.8. The van der Waals surface area contributed by atoms with Crippen LogP contribution in [0.25, 0.3) is 0 Å². The Morgan fingerprint density at radius 2 is 1.79 bits per heavy atom. The topological polar surface area (TPSA) is 59.1 Å². The molecule has 0 bridgehead atoms. The third-order valence-electron chi connectivity index (χ3n) is 4.81. The molecule has 0 N–H and O–H groups in total. The Balaban J connectivity index is 2.05. The van der Waals surface area contributed by atoms with Crippen molar-refractivity contribution < 1.29 is 17.9 Å². The average Bonchev–Trinajstić information content (AvgIpc) is 2.61. The molecule has 0 amide bonds. The molecule has 0 aromatic heterocycles. The molecular formula is C17H28N2O4S. The van der Waals surface area contributed by atoms with Gasteiger partial charge in [-0.3, -0.25) is 0 Å². The van der Waals surface area contributed by atoms with Crippen LogP contribution < -0.4 is 4.74 Å². The SMILES string of the molecule is COCC1CCN(S(=O)(=O)N(C)C(C)c2ccc(OC)cc2)CC1. The lowest BCUT2D eigenvalue weighted by Gasteiger charge is -2.35. The summed E-state index contributed by atoms with van der Waals surface area (Å²) in [6, 6.07) is 7.27. The molecule has 0 saturated carbocycles. The Hall–Kier alpha value is -1.15. The van der Waals surface area contributed by atoms with Crippen LogP contribution in [0.1, 0.15) is 31.4 Å². The van der Waals surface area contributed by atoms with Gasteiger partial charge >= 0.3 is 0 Å². The molecule has 1 fully saturated rings. The Bertz CT molecular complexity index is 610. The second-order valence-electron chi connectivity index (χ2n) is 6.27. The molecule has 24 heavy (non-hydrogen) atoms. The number of hydrogen-bond acceptors (Lipinski definition) is 4. The molecule has 0 radical (unpaired) electrons. The first-order valence-electron chi connectivity index (χ1n) is 8.26. The molecule has 6 nitrogen and oxygen atoms in total. The number of hydrogen-bond donors (Lipinski definition) is 0. The summed E-state index contributed by atoms with van der Waals surface area (Å²) >= 11 is 0. The largest absolute Gasteiger partial charge is 0.497 e. The molecule has 0 spiro atoms. The molecule has 1 atom stereocenters. The van der Waals surface area contributed by atoms with Gasteiger partial charge in [-0.2, -0.15) is 17.0 Å². The van der Waals surface area contributed by atoms with E-state index in [0.29, 0.717) is 25.6 Å². The van der Waals surface area contributed by atoms with Crippen LogP contribution in [0.4, 0.5) is 0 Å². The van der Waals surface area contributed by atoms with Gasteiger partial charge in [0.05, 0.1) is 7.11 Å². The number of nitrogens with zero attached hydrogens (tertiary/aromatic N) is 2. The van der Waals surface area contributed by atoms with E-state index in [0.717, 1.165) is 24.2 Å². The molecule has 1 heterocycles. The summed E-state index contributed by atoms with van der Waals surface area (Å²) in [7, 11) is 1.48. The van der Waals surface area contributed by atoms with Crippen molar-refractivity contribution in [2.24, 2.45) is 5.92 Å². The molecule has 7 heteroatoms. The number of ether oxygens (including phenoxy) is 2. The fraction of sp³-hybridized carbons (Fsp3) is 0.647. The van der Waals surface area contributed by atoms with Crippen molar-refractivity contribution in [3.8, 4) is 5.75 Å². The summed E-state index contributed by atoms with van der Waals surface area (Å²) in [5.41, 5.74) is 0.941. The van der Waals surface area contributed by atoms with E-state index < -0.39 is 10.2 Å². The predicted molar refractivity (Wildman–Crippen MR) is 94.3 cm³/mol. The maximum absolute atomic E-state index is 12.9. The second-order valence-corrected chi connectivity index (χ2v) is 8.26. The fourth-order valence-electron chi connectivity index (χ4n) is 3.02. The first kappa shape index (κ1) is 19.2. The normalized spacial score (nSPS) is 18.7.